The molecule has 2 aliphatic heterocycles. The van der Waals surface area contributed by atoms with Crippen molar-refractivity contribution in [1.82, 2.24) is 10.2 Å². The molecule has 2 aliphatic rings. The molecule has 0 bridgehead atoms. The molecule has 1 atom stereocenters. The lowest BCUT2D eigenvalue weighted by atomic mass is 10.0. The lowest BCUT2D eigenvalue weighted by Gasteiger charge is -2.36. The van der Waals surface area contributed by atoms with Gasteiger partial charge in [-0.15, -0.1) is 10.2 Å². The third-order valence-electron chi connectivity index (χ3n) is 6.19. The highest BCUT2D eigenvalue weighted by Crippen LogP contribution is 2.40. The number of aromatic nitrogens is 2. The van der Waals surface area contributed by atoms with E-state index in [1.54, 1.807) is 0 Å². The van der Waals surface area contributed by atoms with Crippen molar-refractivity contribution in [2.45, 2.75) is 13.0 Å². The second-order valence-electron chi connectivity index (χ2n) is 8.29. The summed E-state index contributed by atoms with van der Waals surface area (Å²) >= 11 is 12.7. The zero-order chi connectivity index (χ0) is 23.7. The largest absolute Gasteiger partial charge is 0.378 e. The van der Waals surface area contributed by atoms with Crippen LogP contribution >= 0.6 is 23.2 Å². The zero-order valence-corrected chi connectivity index (χ0v) is 20.2. The van der Waals surface area contributed by atoms with Crippen LogP contribution in [0.2, 0.25) is 10.0 Å². The van der Waals surface area contributed by atoms with Gasteiger partial charge < -0.3 is 25.2 Å². The molecule has 34 heavy (non-hydrogen) atoms. The van der Waals surface area contributed by atoms with E-state index in [1.165, 1.54) is 12.1 Å². The molecule has 178 valence electrons. The van der Waals surface area contributed by atoms with E-state index in [9.17, 15) is 4.39 Å². The number of hydrogen-bond donors (Lipinski definition) is 2. The molecule has 1 fully saturated rings. The number of morpholine rings is 1. The Morgan fingerprint density at radius 3 is 2.74 bits per heavy atom. The van der Waals surface area contributed by atoms with Crippen LogP contribution in [0.4, 0.5) is 33.1 Å². The quantitative estimate of drug-likeness (QED) is 0.446. The minimum absolute atomic E-state index is 0.0420. The maximum atomic E-state index is 14.2. The number of halogens is 3. The van der Waals surface area contributed by atoms with E-state index >= 15 is 0 Å². The minimum atomic E-state index is -0.487. The van der Waals surface area contributed by atoms with Gasteiger partial charge in [-0.3, -0.25) is 0 Å². The summed E-state index contributed by atoms with van der Waals surface area (Å²) in [5, 5.41) is 15.9. The number of hydrogen-bond acceptors (Lipinski definition) is 7. The molecule has 0 amide bonds. The first-order valence-corrected chi connectivity index (χ1v) is 12.0. The van der Waals surface area contributed by atoms with Gasteiger partial charge in [0.25, 0.3) is 0 Å². The van der Waals surface area contributed by atoms with Crippen molar-refractivity contribution in [3.8, 4) is 0 Å². The van der Waals surface area contributed by atoms with Gasteiger partial charge in [-0.2, -0.15) is 0 Å². The molecule has 0 saturated carbocycles. The standard InChI is InChI=1S/C24H25Cl2FN6O/c1-15(22-18(25)5-6-19(27)23(22)26)33-8-7-28-24-20(33)14-21(30-31-24)29-16-3-2-4-17(13-16)32-9-11-34-12-10-32/h2-6,13-15H,7-12H2,1H3,(H,28,31)(H,29,30)/t15-/m1/s1. The number of rotatable bonds is 5. The van der Waals surface area contributed by atoms with Crippen LogP contribution in [0.3, 0.4) is 0 Å². The predicted molar refractivity (Wildman–Crippen MR) is 135 cm³/mol. The average Bonchev–Trinajstić information content (AvgIpc) is 2.87. The van der Waals surface area contributed by atoms with Crippen LogP contribution in [0, 0.1) is 5.82 Å². The molecule has 2 N–H and O–H groups in total. The molecule has 3 aromatic rings. The molecule has 2 aromatic carbocycles. The average molecular weight is 503 g/mol. The van der Waals surface area contributed by atoms with Gasteiger partial charge in [0.1, 0.15) is 5.82 Å². The summed E-state index contributed by atoms with van der Waals surface area (Å²) in [7, 11) is 0. The highest BCUT2D eigenvalue weighted by molar-refractivity contribution is 6.36. The van der Waals surface area contributed by atoms with Crippen molar-refractivity contribution in [1.29, 1.82) is 0 Å². The van der Waals surface area contributed by atoms with Gasteiger partial charge in [-0.1, -0.05) is 29.3 Å². The molecule has 1 saturated heterocycles. The van der Waals surface area contributed by atoms with Gasteiger partial charge in [0.05, 0.1) is 30.0 Å². The summed E-state index contributed by atoms with van der Waals surface area (Å²) in [6.45, 7) is 6.50. The van der Waals surface area contributed by atoms with Gasteiger partial charge in [0.15, 0.2) is 11.6 Å². The number of anilines is 5. The van der Waals surface area contributed by atoms with Gasteiger partial charge >= 0.3 is 0 Å². The van der Waals surface area contributed by atoms with Crippen molar-refractivity contribution in [2.75, 3.05) is 59.8 Å². The summed E-state index contributed by atoms with van der Waals surface area (Å²) in [5.74, 6) is 0.781. The smallest absolute Gasteiger partial charge is 0.172 e. The van der Waals surface area contributed by atoms with E-state index in [-0.39, 0.29) is 11.1 Å². The van der Waals surface area contributed by atoms with Crippen LogP contribution in [0.1, 0.15) is 18.5 Å². The first-order chi connectivity index (χ1) is 16.5. The Labute approximate surface area is 207 Å². The van der Waals surface area contributed by atoms with Crippen molar-refractivity contribution in [3.05, 3.63) is 63.9 Å². The van der Waals surface area contributed by atoms with Gasteiger partial charge in [0.2, 0.25) is 0 Å². The van der Waals surface area contributed by atoms with Crippen molar-refractivity contribution >= 4 is 51.9 Å². The second kappa shape index (κ2) is 9.82. The molecule has 10 heteroatoms. The monoisotopic (exact) mass is 502 g/mol. The van der Waals surface area contributed by atoms with E-state index in [1.807, 2.05) is 25.1 Å². The van der Waals surface area contributed by atoms with Crippen LogP contribution in [0.15, 0.2) is 42.5 Å². The van der Waals surface area contributed by atoms with E-state index in [0.29, 0.717) is 35.3 Å². The molecule has 0 unspecified atom stereocenters. The highest BCUT2D eigenvalue weighted by Gasteiger charge is 2.28. The molecule has 1 aromatic heterocycles. The van der Waals surface area contributed by atoms with Crippen molar-refractivity contribution in [3.63, 3.8) is 0 Å². The Morgan fingerprint density at radius 1 is 1.09 bits per heavy atom. The SMILES string of the molecule is C[C@H](c1c(Cl)ccc(F)c1Cl)N1CCNc2nnc(Nc3cccc(N4CCOCC4)c3)cc21. The summed E-state index contributed by atoms with van der Waals surface area (Å²) in [6.07, 6.45) is 0. The van der Waals surface area contributed by atoms with Gasteiger partial charge in [0, 0.05) is 54.2 Å². The van der Waals surface area contributed by atoms with Gasteiger partial charge in [-0.25, -0.2) is 4.39 Å². The van der Waals surface area contributed by atoms with E-state index in [2.05, 4.69) is 42.8 Å². The maximum Gasteiger partial charge on any atom is 0.172 e. The van der Waals surface area contributed by atoms with E-state index in [0.717, 1.165) is 43.4 Å². The van der Waals surface area contributed by atoms with E-state index < -0.39 is 5.82 Å². The Bertz CT molecular complexity index is 1190. The molecular weight excluding hydrogens is 478 g/mol. The molecule has 5 rings (SSSR count). The molecule has 7 nitrogen and oxygen atoms in total. The van der Waals surface area contributed by atoms with Crippen LogP contribution in [-0.2, 0) is 4.74 Å². The summed E-state index contributed by atoms with van der Waals surface area (Å²) in [5.41, 5.74) is 3.45. The normalized spacial score (nSPS) is 16.6. The second-order valence-corrected chi connectivity index (χ2v) is 9.08. The molecule has 0 radical (unpaired) electrons. The summed E-state index contributed by atoms with van der Waals surface area (Å²) in [6, 6.07) is 12.7. The van der Waals surface area contributed by atoms with E-state index in [4.69, 9.17) is 27.9 Å². The lowest BCUT2D eigenvalue weighted by molar-refractivity contribution is 0.122. The molecule has 0 spiro atoms. The fraction of sp³-hybridized carbons (Fsp3) is 0.333. The fourth-order valence-electron chi connectivity index (χ4n) is 4.44. The van der Waals surface area contributed by atoms with Crippen LogP contribution in [0.25, 0.3) is 0 Å². The molecular formula is C24H25Cl2FN6O. The number of nitrogens with one attached hydrogen (secondary N) is 2. The molecule has 3 heterocycles. The van der Waals surface area contributed by atoms with Crippen molar-refractivity contribution < 1.29 is 9.13 Å². The van der Waals surface area contributed by atoms with Crippen LogP contribution in [0.5, 0.6) is 0 Å². The Morgan fingerprint density at radius 2 is 1.91 bits per heavy atom. The van der Waals surface area contributed by atoms with Crippen LogP contribution in [-0.4, -0.2) is 49.6 Å². The Balaban J connectivity index is 1.42. The Kier molecular flexibility index (Phi) is 6.63. The first kappa shape index (κ1) is 23.0. The summed E-state index contributed by atoms with van der Waals surface area (Å²) < 4.78 is 19.7. The van der Waals surface area contributed by atoms with Gasteiger partial charge in [-0.05, 0) is 37.3 Å². The fourth-order valence-corrected chi connectivity index (χ4v) is 5.12. The summed E-state index contributed by atoms with van der Waals surface area (Å²) in [4.78, 5) is 4.41. The van der Waals surface area contributed by atoms with Crippen molar-refractivity contribution in [2.24, 2.45) is 0 Å². The zero-order valence-electron chi connectivity index (χ0n) is 18.7. The lowest BCUT2D eigenvalue weighted by Crippen LogP contribution is -2.37. The number of nitrogens with zero attached hydrogens (tertiary/aromatic N) is 4. The third kappa shape index (κ3) is 4.58. The third-order valence-corrected chi connectivity index (χ3v) is 6.90. The predicted octanol–water partition coefficient (Wildman–Crippen LogP) is 5.50. The maximum absolute atomic E-state index is 14.2. The number of benzene rings is 2. The topological polar surface area (TPSA) is 65.5 Å². The van der Waals surface area contributed by atoms with Crippen LogP contribution < -0.4 is 20.4 Å². The first-order valence-electron chi connectivity index (χ1n) is 11.2. The molecule has 0 aliphatic carbocycles. The number of ether oxygens (including phenoxy) is 1. The highest BCUT2D eigenvalue weighted by atomic mass is 35.5. The number of fused-ring (bicyclic) bond motifs is 1. The Hall–Kier alpha value is -2.81. The minimum Gasteiger partial charge on any atom is -0.378 e.